The smallest absolute Gasteiger partial charge is 0.319 e. The van der Waals surface area contributed by atoms with Crippen molar-refractivity contribution in [2.24, 2.45) is 7.05 Å². The second kappa shape index (κ2) is 5.98. The van der Waals surface area contributed by atoms with Gasteiger partial charge >= 0.3 is 6.03 Å². The van der Waals surface area contributed by atoms with Crippen LogP contribution in [0.4, 0.5) is 10.5 Å². The van der Waals surface area contributed by atoms with Crippen molar-refractivity contribution in [3.05, 3.63) is 28.7 Å². The van der Waals surface area contributed by atoms with E-state index in [-0.39, 0.29) is 11.6 Å². The summed E-state index contributed by atoms with van der Waals surface area (Å²) in [5.41, 5.74) is 0.937. The van der Waals surface area contributed by atoms with Gasteiger partial charge in [-0.1, -0.05) is 0 Å². The zero-order chi connectivity index (χ0) is 14.7. The molecular formula is C14H22N4O2. The highest BCUT2D eigenvalue weighted by Crippen LogP contribution is 2.16. The second-order valence-electron chi connectivity index (χ2n) is 5.45. The molecule has 0 bridgehead atoms. The van der Waals surface area contributed by atoms with Gasteiger partial charge in [0.2, 0.25) is 5.56 Å². The molecule has 0 radical (unpaired) electrons. The Hall–Kier alpha value is -1.98. The third-order valence-electron chi connectivity index (χ3n) is 3.60. The third kappa shape index (κ3) is 3.31. The van der Waals surface area contributed by atoms with E-state index in [1.165, 1.54) is 0 Å². The zero-order valence-electron chi connectivity index (χ0n) is 12.3. The van der Waals surface area contributed by atoms with E-state index < -0.39 is 0 Å². The molecule has 2 amide bonds. The van der Waals surface area contributed by atoms with Crippen molar-refractivity contribution < 1.29 is 4.79 Å². The Balaban J connectivity index is 1.89. The quantitative estimate of drug-likeness (QED) is 0.876. The largest absolute Gasteiger partial charge is 0.381 e. The first-order valence-electron chi connectivity index (χ1n) is 6.87. The van der Waals surface area contributed by atoms with Crippen LogP contribution in [0.15, 0.2) is 23.1 Å². The Kier molecular flexibility index (Phi) is 4.32. The van der Waals surface area contributed by atoms with Crippen molar-refractivity contribution in [1.82, 2.24) is 14.4 Å². The monoisotopic (exact) mass is 278 g/mol. The normalized spacial score (nSPS) is 16.1. The SMILES string of the molecule is CN(C)C(=O)N1CCC(Nc2ccc(=O)n(C)c2)CC1. The number of likely N-dealkylation sites (tertiary alicyclic amines) is 1. The number of pyridine rings is 1. The predicted molar refractivity (Wildman–Crippen MR) is 79.0 cm³/mol. The van der Waals surface area contributed by atoms with E-state index in [1.807, 2.05) is 4.90 Å². The fourth-order valence-corrected chi connectivity index (χ4v) is 2.41. The molecule has 1 aromatic rings. The van der Waals surface area contributed by atoms with Crippen molar-refractivity contribution in [2.45, 2.75) is 18.9 Å². The first-order valence-corrected chi connectivity index (χ1v) is 6.87. The minimum absolute atomic E-state index is 0.0121. The van der Waals surface area contributed by atoms with Gasteiger partial charge in [0.1, 0.15) is 0 Å². The standard InChI is InChI=1S/C14H22N4O2/c1-16(2)14(20)18-8-6-11(7-9-18)15-12-4-5-13(19)17(3)10-12/h4-5,10-11,15H,6-9H2,1-3H3. The molecule has 2 heterocycles. The lowest BCUT2D eigenvalue weighted by Crippen LogP contribution is -2.46. The number of carbonyl (C=O) groups excluding carboxylic acids is 1. The molecular weight excluding hydrogens is 256 g/mol. The molecule has 1 aromatic heterocycles. The van der Waals surface area contributed by atoms with E-state index in [0.717, 1.165) is 31.6 Å². The van der Waals surface area contributed by atoms with Crippen LogP contribution in [-0.4, -0.2) is 53.6 Å². The molecule has 1 aliphatic heterocycles. The van der Waals surface area contributed by atoms with Crippen LogP contribution in [0.1, 0.15) is 12.8 Å². The van der Waals surface area contributed by atoms with Crippen molar-refractivity contribution >= 4 is 11.7 Å². The van der Waals surface area contributed by atoms with E-state index >= 15 is 0 Å². The second-order valence-corrected chi connectivity index (χ2v) is 5.45. The van der Waals surface area contributed by atoms with Crippen LogP contribution in [0.5, 0.6) is 0 Å². The number of nitrogens with zero attached hydrogens (tertiary/aromatic N) is 3. The fraction of sp³-hybridized carbons (Fsp3) is 0.571. The average Bonchev–Trinajstić information content (AvgIpc) is 2.43. The summed E-state index contributed by atoms with van der Waals surface area (Å²) in [6, 6.07) is 3.79. The van der Waals surface area contributed by atoms with E-state index in [0.29, 0.717) is 6.04 Å². The summed E-state index contributed by atoms with van der Waals surface area (Å²) < 4.78 is 1.56. The Morgan fingerprint density at radius 2 is 1.95 bits per heavy atom. The minimum Gasteiger partial charge on any atom is -0.381 e. The van der Waals surface area contributed by atoms with Crippen LogP contribution >= 0.6 is 0 Å². The summed E-state index contributed by atoms with van der Waals surface area (Å²) in [6.45, 7) is 1.53. The van der Waals surface area contributed by atoms with Gasteiger partial charge in [-0.3, -0.25) is 4.79 Å². The minimum atomic E-state index is -0.0121. The van der Waals surface area contributed by atoms with Crippen LogP contribution in [0, 0.1) is 0 Å². The van der Waals surface area contributed by atoms with E-state index in [2.05, 4.69) is 5.32 Å². The molecule has 1 aliphatic rings. The zero-order valence-corrected chi connectivity index (χ0v) is 12.3. The lowest BCUT2D eigenvalue weighted by Gasteiger charge is -2.34. The third-order valence-corrected chi connectivity index (χ3v) is 3.60. The molecule has 0 saturated carbocycles. The number of anilines is 1. The molecule has 2 rings (SSSR count). The Morgan fingerprint density at radius 1 is 1.30 bits per heavy atom. The van der Waals surface area contributed by atoms with Gasteiger partial charge in [0.05, 0.1) is 5.69 Å². The number of hydrogen-bond acceptors (Lipinski definition) is 3. The summed E-state index contributed by atoms with van der Waals surface area (Å²) in [5, 5.41) is 3.43. The Bertz CT molecular complexity index is 530. The number of amides is 2. The van der Waals surface area contributed by atoms with Gasteiger partial charge in [0.25, 0.3) is 0 Å². The maximum absolute atomic E-state index is 11.8. The molecule has 20 heavy (non-hydrogen) atoms. The van der Waals surface area contributed by atoms with Crippen molar-refractivity contribution in [3.63, 3.8) is 0 Å². The number of hydrogen-bond donors (Lipinski definition) is 1. The summed E-state index contributed by atoms with van der Waals surface area (Å²) in [5.74, 6) is 0. The van der Waals surface area contributed by atoms with Crippen molar-refractivity contribution in [3.8, 4) is 0 Å². The molecule has 6 heteroatoms. The van der Waals surface area contributed by atoms with Gasteiger partial charge in [0, 0.05) is 52.5 Å². The number of rotatable bonds is 2. The van der Waals surface area contributed by atoms with Gasteiger partial charge in [-0.15, -0.1) is 0 Å². The molecule has 0 atom stereocenters. The maximum Gasteiger partial charge on any atom is 0.319 e. The molecule has 110 valence electrons. The summed E-state index contributed by atoms with van der Waals surface area (Å²) in [7, 11) is 5.29. The van der Waals surface area contributed by atoms with Gasteiger partial charge < -0.3 is 19.7 Å². The fourth-order valence-electron chi connectivity index (χ4n) is 2.41. The highest BCUT2D eigenvalue weighted by molar-refractivity contribution is 5.73. The highest BCUT2D eigenvalue weighted by atomic mass is 16.2. The summed E-state index contributed by atoms with van der Waals surface area (Å²) in [6.07, 6.45) is 3.64. The highest BCUT2D eigenvalue weighted by Gasteiger charge is 2.23. The molecule has 0 aliphatic carbocycles. The number of aryl methyl sites for hydroxylation is 1. The average molecular weight is 278 g/mol. The molecule has 1 saturated heterocycles. The van der Waals surface area contributed by atoms with Crippen molar-refractivity contribution in [1.29, 1.82) is 0 Å². The first kappa shape index (κ1) is 14.4. The topological polar surface area (TPSA) is 57.6 Å². The Labute approximate surface area is 119 Å². The lowest BCUT2D eigenvalue weighted by molar-refractivity contribution is 0.158. The lowest BCUT2D eigenvalue weighted by atomic mass is 10.1. The van der Waals surface area contributed by atoms with Crippen LogP contribution < -0.4 is 10.9 Å². The number of nitrogens with one attached hydrogen (secondary N) is 1. The molecule has 6 nitrogen and oxygen atoms in total. The molecule has 1 fully saturated rings. The summed E-state index contributed by atoms with van der Waals surface area (Å²) >= 11 is 0. The number of piperidine rings is 1. The first-order chi connectivity index (χ1) is 9.47. The number of carbonyl (C=O) groups is 1. The van der Waals surface area contributed by atoms with Crippen molar-refractivity contribution in [2.75, 3.05) is 32.5 Å². The van der Waals surface area contributed by atoms with E-state index in [4.69, 9.17) is 0 Å². The molecule has 0 unspecified atom stereocenters. The Morgan fingerprint density at radius 3 is 2.50 bits per heavy atom. The summed E-state index contributed by atoms with van der Waals surface area (Å²) in [4.78, 5) is 26.7. The number of urea groups is 1. The van der Waals surface area contributed by atoms with Crippen LogP contribution in [-0.2, 0) is 7.05 Å². The maximum atomic E-state index is 11.8. The number of aromatic nitrogens is 1. The van der Waals surface area contributed by atoms with E-state index in [9.17, 15) is 9.59 Å². The van der Waals surface area contributed by atoms with Crippen LogP contribution in [0.25, 0.3) is 0 Å². The van der Waals surface area contributed by atoms with E-state index in [1.54, 1.807) is 48.9 Å². The van der Waals surface area contributed by atoms with Crippen LogP contribution in [0.2, 0.25) is 0 Å². The van der Waals surface area contributed by atoms with Crippen LogP contribution in [0.3, 0.4) is 0 Å². The van der Waals surface area contributed by atoms with Gasteiger partial charge in [-0.2, -0.15) is 0 Å². The molecule has 0 spiro atoms. The van der Waals surface area contributed by atoms with Gasteiger partial charge in [-0.25, -0.2) is 4.79 Å². The van der Waals surface area contributed by atoms with Gasteiger partial charge in [0.15, 0.2) is 0 Å². The predicted octanol–water partition coefficient (Wildman–Crippen LogP) is 0.943. The van der Waals surface area contributed by atoms with Gasteiger partial charge in [-0.05, 0) is 18.9 Å². The molecule has 1 N–H and O–H groups in total. The molecule has 0 aromatic carbocycles.